The van der Waals surface area contributed by atoms with Gasteiger partial charge in [-0.2, -0.15) is 0 Å². The van der Waals surface area contributed by atoms with Gasteiger partial charge in [-0.1, -0.05) is 42.5 Å². The summed E-state index contributed by atoms with van der Waals surface area (Å²) in [5.74, 6) is 1.29. The molecule has 0 radical (unpaired) electrons. The minimum absolute atomic E-state index is 0.0901. The summed E-state index contributed by atoms with van der Waals surface area (Å²) in [6.45, 7) is 0. The highest BCUT2D eigenvalue weighted by Crippen LogP contribution is 2.18. The van der Waals surface area contributed by atoms with Gasteiger partial charge < -0.3 is 9.47 Å². The standard InChI is InChI=1S/C19H18O3/c1-21-16-10-7-9-15(14-16)8-3-5-12-18(20)17-11-4-6-13-19(17)22-2/h3-14H,1-2H3. The second-order valence-electron chi connectivity index (χ2n) is 4.56. The minimum atomic E-state index is -0.0901. The van der Waals surface area contributed by atoms with Crippen LogP contribution >= 0.6 is 0 Å². The Labute approximate surface area is 130 Å². The van der Waals surface area contributed by atoms with E-state index in [2.05, 4.69) is 0 Å². The lowest BCUT2D eigenvalue weighted by molar-refractivity contribution is 0.104. The number of carbonyl (C=O) groups is 1. The molecule has 3 heteroatoms. The molecule has 0 saturated carbocycles. The van der Waals surface area contributed by atoms with Gasteiger partial charge in [0.05, 0.1) is 19.8 Å². The number of hydrogen-bond donors (Lipinski definition) is 0. The van der Waals surface area contributed by atoms with Gasteiger partial charge in [-0.05, 0) is 35.9 Å². The van der Waals surface area contributed by atoms with Crippen molar-refractivity contribution in [3.8, 4) is 11.5 Å². The van der Waals surface area contributed by atoms with Crippen molar-refractivity contribution in [2.24, 2.45) is 0 Å². The monoisotopic (exact) mass is 294 g/mol. The van der Waals surface area contributed by atoms with Gasteiger partial charge in [-0.15, -0.1) is 0 Å². The molecule has 0 N–H and O–H groups in total. The lowest BCUT2D eigenvalue weighted by Crippen LogP contribution is -1.98. The van der Waals surface area contributed by atoms with Gasteiger partial charge in [0, 0.05) is 0 Å². The maximum Gasteiger partial charge on any atom is 0.189 e. The largest absolute Gasteiger partial charge is 0.497 e. The number of allylic oxidation sites excluding steroid dienone is 3. The summed E-state index contributed by atoms with van der Waals surface area (Å²) in [6.07, 6.45) is 6.97. The van der Waals surface area contributed by atoms with Gasteiger partial charge in [-0.25, -0.2) is 0 Å². The molecular formula is C19H18O3. The summed E-state index contributed by atoms with van der Waals surface area (Å²) in [5.41, 5.74) is 1.56. The van der Waals surface area contributed by atoms with Crippen LogP contribution in [0.1, 0.15) is 15.9 Å². The molecule has 0 fully saturated rings. The first-order valence-electron chi connectivity index (χ1n) is 6.90. The third kappa shape index (κ3) is 4.09. The molecule has 22 heavy (non-hydrogen) atoms. The van der Waals surface area contributed by atoms with Crippen LogP contribution in [0.3, 0.4) is 0 Å². The fourth-order valence-corrected chi connectivity index (χ4v) is 1.99. The van der Waals surface area contributed by atoms with Crippen LogP contribution in [0, 0.1) is 0 Å². The summed E-state index contributed by atoms with van der Waals surface area (Å²) >= 11 is 0. The predicted octanol–water partition coefficient (Wildman–Crippen LogP) is 4.16. The third-order valence-corrected chi connectivity index (χ3v) is 3.11. The van der Waals surface area contributed by atoms with Gasteiger partial charge >= 0.3 is 0 Å². The molecule has 0 aromatic heterocycles. The zero-order chi connectivity index (χ0) is 15.8. The Morgan fingerprint density at radius 2 is 1.77 bits per heavy atom. The molecule has 0 saturated heterocycles. The molecule has 2 aromatic carbocycles. The zero-order valence-electron chi connectivity index (χ0n) is 12.7. The molecule has 0 bridgehead atoms. The fourth-order valence-electron chi connectivity index (χ4n) is 1.99. The van der Waals surface area contributed by atoms with Gasteiger partial charge in [0.1, 0.15) is 11.5 Å². The highest BCUT2D eigenvalue weighted by Gasteiger charge is 2.07. The Kier molecular flexibility index (Phi) is 5.55. The van der Waals surface area contributed by atoms with Crippen LogP contribution in [0.15, 0.2) is 66.8 Å². The summed E-state index contributed by atoms with van der Waals surface area (Å²) in [5, 5.41) is 0. The van der Waals surface area contributed by atoms with E-state index in [1.807, 2.05) is 48.6 Å². The molecule has 0 unspecified atom stereocenters. The van der Waals surface area contributed by atoms with Crippen molar-refractivity contribution in [3.63, 3.8) is 0 Å². The van der Waals surface area contributed by atoms with Crippen LogP contribution in [0.5, 0.6) is 11.5 Å². The summed E-state index contributed by atoms with van der Waals surface area (Å²) in [7, 11) is 3.19. The molecule has 3 nitrogen and oxygen atoms in total. The number of ketones is 1. The highest BCUT2D eigenvalue weighted by atomic mass is 16.5. The summed E-state index contributed by atoms with van der Waals surface area (Å²) in [4.78, 5) is 12.1. The second kappa shape index (κ2) is 7.84. The lowest BCUT2D eigenvalue weighted by atomic mass is 10.1. The quantitative estimate of drug-likeness (QED) is 0.456. The van der Waals surface area contributed by atoms with E-state index >= 15 is 0 Å². The van der Waals surface area contributed by atoms with Crippen LogP contribution < -0.4 is 9.47 Å². The molecule has 2 aromatic rings. The van der Waals surface area contributed by atoms with E-state index in [4.69, 9.17) is 9.47 Å². The number of carbonyl (C=O) groups excluding carboxylic acids is 1. The average Bonchev–Trinajstić information content (AvgIpc) is 2.58. The molecule has 0 aliphatic rings. The van der Waals surface area contributed by atoms with Crippen LogP contribution in [0.4, 0.5) is 0 Å². The molecule has 0 atom stereocenters. The number of rotatable bonds is 6. The Bertz CT molecular complexity index is 699. The number of hydrogen-bond acceptors (Lipinski definition) is 3. The highest BCUT2D eigenvalue weighted by molar-refractivity contribution is 6.06. The van der Waals surface area contributed by atoms with Crippen molar-refractivity contribution in [1.82, 2.24) is 0 Å². The Balaban J connectivity index is 2.05. The number of para-hydroxylation sites is 1. The van der Waals surface area contributed by atoms with Crippen molar-refractivity contribution in [3.05, 3.63) is 77.9 Å². The van der Waals surface area contributed by atoms with Gasteiger partial charge in [-0.3, -0.25) is 4.79 Å². The minimum Gasteiger partial charge on any atom is -0.497 e. The van der Waals surface area contributed by atoms with E-state index < -0.39 is 0 Å². The van der Waals surface area contributed by atoms with Crippen LogP contribution in [-0.2, 0) is 0 Å². The van der Waals surface area contributed by atoms with Crippen molar-refractivity contribution >= 4 is 11.9 Å². The molecule has 0 aliphatic carbocycles. The Morgan fingerprint density at radius 1 is 0.955 bits per heavy atom. The van der Waals surface area contributed by atoms with Crippen molar-refractivity contribution in [2.75, 3.05) is 14.2 Å². The first kappa shape index (κ1) is 15.6. The van der Waals surface area contributed by atoms with E-state index in [1.165, 1.54) is 6.08 Å². The van der Waals surface area contributed by atoms with Gasteiger partial charge in [0.15, 0.2) is 5.78 Å². The van der Waals surface area contributed by atoms with Crippen LogP contribution in [-0.4, -0.2) is 20.0 Å². The molecular weight excluding hydrogens is 276 g/mol. The molecule has 0 amide bonds. The smallest absolute Gasteiger partial charge is 0.189 e. The Morgan fingerprint density at radius 3 is 2.55 bits per heavy atom. The third-order valence-electron chi connectivity index (χ3n) is 3.11. The van der Waals surface area contributed by atoms with Crippen molar-refractivity contribution in [2.45, 2.75) is 0 Å². The number of benzene rings is 2. The second-order valence-corrected chi connectivity index (χ2v) is 4.56. The average molecular weight is 294 g/mol. The van der Waals surface area contributed by atoms with E-state index in [9.17, 15) is 4.79 Å². The van der Waals surface area contributed by atoms with Crippen LogP contribution in [0.25, 0.3) is 6.08 Å². The summed E-state index contributed by atoms with van der Waals surface area (Å²) < 4.78 is 10.3. The molecule has 112 valence electrons. The first-order valence-corrected chi connectivity index (χ1v) is 6.90. The SMILES string of the molecule is COc1cccc(C=CC=CC(=O)c2ccccc2OC)c1. The molecule has 0 heterocycles. The molecule has 0 spiro atoms. The predicted molar refractivity (Wildman–Crippen MR) is 88.5 cm³/mol. The maximum atomic E-state index is 12.1. The normalized spacial score (nSPS) is 11.0. The maximum absolute atomic E-state index is 12.1. The van der Waals surface area contributed by atoms with Crippen molar-refractivity contribution < 1.29 is 14.3 Å². The van der Waals surface area contributed by atoms with E-state index in [1.54, 1.807) is 32.4 Å². The Hall–Kier alpha value is -2.81. The fraction of sp³-hybridized carbons (Fsp3) is 0.105. The molecule has 2 rings (SSSR count). The number of methoxy groups -OCH3 is 2. The van der Waals surface area contributed by atoms with E-state index in [0.29, 0.717) is 11.3 Å². The summed E-state index contributed by atoms with van der Waals surface area (Å²) in [6, 6.07) is 14.9. The first-order chi connectivity index (χ1) is 10.7. The lowest BCUT2D eigenvalue weighted by Gasteiger charge is -2.03. The van der Waals surface area contributed by atoms with E-state index in [0.717, 1.165) is 11.3 Å². The van der Waals surface area contributed by atoms with Crippen molar-refractivity contribution in [1.29, 1.82) is 0 Å². The number of ether oxygens (including phenoxy) is 2. The zero-order valence-corrected chi connectivity index (χ0v) is 12.7. The molecule has 0 aliphatic heterocycles. The van der Waals surface area contributed by atoms with Gasteiger partial charge in [0.2, 0.25) is 0 Å². The van der Waals surface area contributed by atoms with Crippen LogP contribution in [0.2, 0.25) is 0 Å². The van der Waals surface area contributed by atoms with E-state index in [-0.39, 0.29) is 5.78 Å². The van der Waals surface area contributed by atoms with Gasteiger partial charge in [0.25, 0.3) is 0 Å². The topological polar surface area (TPSA) is 35.5 Å².